The number of Topliss-reactive ketones (excluding diaryl/α,β-unsaturated/α-hetero) is 1. The summed E-state index contributed by atoms with van der Waals surface area (Å²) in [5.74, 6) is 0.358. The lowest BCUT2D eigenvalue weighted by molar-refractivity contribution is 0.0819. The Kier molecular flexibility index (Phi) is 4.24. The summed E-state index contributed by atoms with van der Waals surface area (Å²) >= 11 is 0. The zero-order valence-electron chi connectivity index (χ0n) is 13.5. The molecule has 0 atom stereocenters. The Morgan fingerprint density at radius 3 is 2.75 bits per heavy atom. The van der Waals surface area contributed by atoms with E-state index in [1.807, 2.05) is 12.1 Å². The SMILES string of the molecule is COC(=O)NCCc1c2n(c3c(OC)cccc13)C(=O)CCC2=O. The molecular weight excluding hydrogens is 312 g/mol. The van der Waals surface area contributed by atoms with Gasteiger partial charge in [0.15, 0.2) is 5.78 Å². The molecule has 7 nitrogen and oxygen atoms in total. The van der Waals surface area contributed by atoms with E-state index in [-0.39, 0.29) is 24.5 Å². The fraction of sp³-hybridized carbons (Fsp3) is 0.353. The molecule has 1 aliphatic heterocycles. The standard InChI is InChI=1S/C17H18N2O5/c1-23-13-5-3-4-10-11(8-9-18-17(22)24-2)15-12(20)6-7-14(21)19(15)16(10)13/h3-5H,6-9H2,1-2H3,(H,18,22). The Hall–Kier alpha value is -2.83. The van der Waals surface area contributed by atoms with Crippen molar-refractivity contribution < 1.29 is 23.9 Å². The minimum absolute atomic E-state index is 0.0686. The quantitative estimate of drug-likeness (QED) is 0.928. The van der Waals surface area contributed by atoms with E-state index in [4.69, 9.17) is 4.74 Å². The molecule has 3 rings (SSSR count). The van der Waals surface area contributed by atoms with Gasteiger partial charge in [-0.15, -0.1) is 0 Å². The number of fused-ring (bicyclic) bond motifs is 3. The predicted molar refractivity (Wildman–Crippen MR) is 86.8 cm³/mol. The average molecular weight is 330 g/mol. The van der Waals surface area contributed by atoms with Crippen LogP contribution in [0.15, 0.2) is 18.2 Å². The maximum Gasteiger partial charge on any atom is 0.406 e. The van der Waals surface area contributed by atoms with Gasteiger partial charge in [0.2, 0.25) is 5.91 Å². The van der Waals surface area contributed by atoms with Crippen molar-refractivity contribution in [3.8, 4) is 5.75 Å². The second-order valence-electron chi connectivity index (χ2n) is 5.50. The van der Waals surface area contributed by atoms with Gasteiger partial charge in [0.25, 0.3) is 0 Å². The molecule has 1 aromatic carbocycles. The first-order chi connectivity index (χ1) is 11.6. The van der Waals surface area contributed by atoms with Crippen molar-refractivity contribution in [2.45, 2.75) is 19.3 Å². The monoisotopic (exact) mass is 330 g/mol. The number of hydrogen-bond donors (Lipinski definition) is 1. The molecule has 1 amide bonds. The zero-order chi connectivity index (χ0) is 17.3. The Bertz CT molecular complexity index is 837. The fourth-order valence-corrected chi connectivity index (χ4v) is 3.14. The van der Waals surface area contributed by atoms with E-state index in [9.17, 15) is 14.4 Å². The van der Waals surface area contributed by atoms with Gasteiger partial charge in [-0.2, -0.15) is 0 Å². The molecule has 24 heavy (non-hydrogen) atoms. The molecule has 0 unspecified atom stereocenters. The summed E-state index contributed by atoms with van der Waals surface area (Å²) in [5.41, 5.74) is 1.76. The van der Waals surface area contributed by atoms with Gasteiger partial charge in [0.05, 0.1) is 25.4 Å². The number of methoxy groups -OCH3 is 2. The Morgan fingerprint density at radius 1 is 1.25 bits per heavy atom. The third-order valence-corrected chi connectivity index (χ3v) is 4.19. The number of nitrogens with zero attached hydrogens (tertiary/aromatic N) is 1. The second-order valence-corrected chi connectivity index (χ2v) is 5.50. The molecule has 0 saturated heterocycles. The van der Waals surface area contributed by atoms with Crippen LogP contribution in [0.2, 0.25) is 0 Å². The van der Waals surface area contributed by atoms with Gasteiger partial charge in [-0.25, -0.2) is 4.79 Å². The molecule has 1 N–H and O–H groups in total. The molecule has 126 valence electrons. The first-order valence-corrected chi connectivity index (χ1v) is 7.67. The number of ketones is 1. The summed E-state index contributed by atoms with van der Waals surface area (Å²) in [6.45, 7) is 0.303. The third kappa shape index (κ3) is 2.51. The van der Waals surface area contributed by atoms with E-state index >= 15 is 0 Å². The van der Waals surface area contributed by atoms with Gasteiger partial charge in [-0.3, -0.25) is 14.2 Å². The second kappa shape index (κ2) is 6.35. The molecule has 1 aliphatic rings. The van der Waals surface area contributed by atoms with Crippen molar-refractivity contribution in [3.05, 3.63) is 29.5 Å². The molecule has 2 aromatic rings. The van der Waals surface area contributed by atoms with Crippen LogP contribution in [0.3, 0.4) is 0 Å². The lowest BCUT2D eigenvalue weighted by Gasteiger charge is -2.15. The summed E-state index contributed by atoms with van der Waals surface area (Å²) in [5, 5.41) is 3.39. The molecule has 1 aromatic heterocycles. The highest BCUT2D eigenvalue weighted by Gasteiger charge is 2.31. The normalized spacial score (nSPS) is 13.8. The van der Waals surface area contributed by atoms with E-state index in [0.29, 0.717) is 29.9 Å². The number of nitrogens with one attached hydrogen (secondary N) is 1. The summed E-state index contributed by atoms with van der Waals surface area (Å²) < 4.78 is 11.4. The number of carbonyl (C=O) groups excluding carboxylic acids is 3. The Balaban J connectivity index is 2.14. The van der Waals surface area contributed by atoms with E-state index in [0.717, 1.165) is 10.9 Å². The van der Waals surface area contributed by atoms with Gasteiger partial charge >= 0.3 is 6.09 Å². The predicted octanol–water partition coefficient (Wildman–Crippen LogP) is 2.17. The molecule has 0 saturated carbocycles. The average Bonchev–Trinajstić information content (AvgIpc) is 2.94. The minimum Gasteiger partial charge on any atom is -0.495 e. The summed E-state index contributed by atoms with van der Waals surface area (Å²) in [6.07, 6.45) is 0.273. The molecular formula is C17H18N2O5. The van der Waals surface area contributed by atoms with Crippen LogP contribution in [-0.2, 0) is 11.2 Å². The van der Waals surface area contributed by atoms with Gasteiger partial charge in [0, 0.05) is 24.8 Å². The van der Waals surface area contributed by atoms with Crippen molar-refractivity contribution in [2.24, 2.45) is 0 Å². The van der Waals surface area contributed by atoms with E-state index in [1.54, 1.807) is 6.07 Å². The number of rotatable bonds is 4. The molecule has 2 heterocycles. The highest BCUT2D eigenvalue weighted by atomic mass is 16.5. The van der Waals surface area contributed by atoms with Crippen molar-refractivity contribution in [1.29, 1.82) is 0 Å². The molecule has 0 radical (unpaired) electrons. The van der Waals surface area contributed by atoms with Crippen molar-refractivity contribution in [3.63, 3.8) is 0 Å². The number of alkyl carbamates (subject to hydrolysis) is 1. The van der Waals surface area contributed by atoms with Crippen LogP contribution in [0.25, 0.3) is 10.9 Å². The highest BCUT2D eigenvalue weighted by Crippen LogP contribution is 2.36. The van der Waals surface area contributed by atoms with Crippen LogP contribution in [0.1, 0.15) is 33.7 Å². The lowest BCUT2D eigenvalue weighted by atomic mass is 10.0. The van der Waals surface area contributed by atoms with E-state index < -0.39 is 6.09 Å². The van der Waals surface area contributed by atoms with Gasteiger partial charge in [-0.05, 0) is 18.1 Å². The first kappa shape index (κ1) is 16.0. The number of amides is 1. The van der Waals surface area contributed by atoms with E-state index in [1.165, 1.54) is 18.8 Å². The smallest absolute Gasteiger partial charge is 0.406 e. The van der Waals surface area contributed by atoms with Gasteiger partial charge < -0.3 is 14.8 Å². The lowest BCUT2D eigenvalue weighted by Crippen LogP contribution is -2.27. The first-order valence-electron chi connectivity index (χ1n) is 7.67. The molecule has 0 spiro atoms. The summed E-state index contributed by atoms with van der Waals surface area (Å²) in [7, 11) is 2.82. The topological polar surface area (TPSA) is 86.6 Å². The number of benzene rings is 1. The largest absolute Gasteiger partial charge is 0.495 e. The van der Waals surface area contributed by atoms with Gasteiger partial charge in [0.1, 0.15) is 5.75 Å². The fourth-order valence-electron chi connectivity index (χ4n) is 3.14. The molecule has 0 bridgehead atoms. The van der Waals surface area contributed by atoms with Crippen LogP contribution in [-0.4, -0.2) is 43.1 Å². The number of ether oxygens (including phenoxy) is 2. The highest BCUT2D eigenvalue weighted by molar-refractivity contribution is 6.12. The van der Waals surface area contributed by atoms with Gasteiger partial charge in [-0.1, -0.05) is 12.1 Å². The van der Waals surface area contributed by atoms with Crippen LogP contribution in [0, 0.1) is 0 Å². The number of hydrogen-bond acceptors (Lipinski definition) is 5. The zero-order valence-corrected chi connectivity index (χ0v) is 13.5. The summed E-state index contributed by atoms with van der Waals surface area (Å²) in [4.78, 5) is 36.1. The third-order valence-electron chi connectivity index (χ3n) is 4.19. The van der Waals surface area contributed by atoms with E-state index in [2.05, 4.69) is 10.1 Å². The number of para-hydroxylation sites is 1. The Morgan fingerprint density at radius 2 is 2.04 bits per heavy atom. The molecule has 7 heteroatoms. The van der Waals surface area contributed by atoms with Crippen molar-refractivity contribution in [1.82, 2.24) is 9.88 Å². The molecule has 0 aliphatic carbocycles. The summed E-state index contributed by atoms with van der Waals surface area (Å²) in [6, 6.07) is 5.44. The maximum atomic E-state index is 12.4. The van der Waals surface area contributed by atoms with Crippen LogP contribution in [0.4, 0.5) is 4.79 Å². The van der Waals surface area contributed by atoms with Crippen molar-refractivity contribution in [2.75, 3.05) is 20.8 Å². The van der Waals surface area contributed by atoms with Crippen LogP contribution >= 0.6 is 0 Å². The van der Waals surface area contributed by atoms with Crippen molar-refractivity contribution >= 4 is 28.7 Å². The van der Waals surface area contributed by atoms with Crippen LogP contribution in [0.5, 0.6) is 5.75 Å². The number of aromatic nitrogens is 1. The maximum absolute atomic E-state index is 12.4. The minimum atomic E-state index is -0.535. The Labute approximate surface area is 138 Å². The molecule has 0 fully saturated rings. The number of carbonyl (C=O) groups is 3. The van der Waals surface area contributed by atoms with Crippen LogP contribution < -0.4 is 10.1 Å².